The first-order valence-corrected chi connectivity index (χ1v) is 7.66. The van der Waals surface area contributed by atoms with Gasteiger partial charge in [-0.2, -0.15) is 0 Å². The number of nitrogens with zero attached hydrogens (tertiary/aromatic N) is 3. The Labute approximate surface area is 123 Å². The Hall–Kier alpha value is -1.36. The minimum absolute atomic E-state index is 0.920. The summed E-state index contributed by atoms with van der Waals surface area (Å²) in [4.78, 5) is 11.3. The summed E-state index contributed by atoms with van der Waals surface area (Å²) < 4.78 is 0. The van der Waals surface area contributed by atoms with Gasteiger partial charge in [0.2, 0.25) is 0 Å². The highest BCUT2D eigenvalue weighted by molar-refractivity contribution is 5.47. The van der Waals surface area contributed by atoms with Crippen LogP contribution in [-0.4, -0.2) is 48.6 Å². The molecule has 5 nitrogen and oxygen atoms in total. The van der Waals surface area contributed by atoms with E-state index in [0.29, 0.717) is 0 Å². The van der Waals surface area contributed by atoms with Crippen molar-refractivity contribution in [3.63, 3.8) is 0 Å². The minimum atomic E-state index is 0.920. The molecule has 0 saturated heterocycles. The smallest absolute Gasteiger partial charge is 0.133 e. The van der Waals surface area contributed by atoms with E-state index in [2.05, 4.69) is 53.4 Å². The minimum Gasteiger partial charge on any atom is -0.370 e. The van der Waals surface area contributed by atoms with Gasteiger partial charge >= 0.3 is 0 Å². The maximum Gasteiger partial charge on any atom is 0.133 e. The van der Waals surface area contributed by atoms with Crippen molar-refractivity contribution in [1.82, 2.24) is 14.9 Å². The lowest BCUT2D eigenvalue weighted by Gasteiger charge is -2.12. The first kappa shape index (κ1) is 16.7. The van der Waals surface area contributed by atoms with E-state index in [1.165, 1.54) is 0 Å². The molecule has 0 radical (unpaired) electrons. The van der Waals surface area contributed by atoms with Crippen molar-refractivity contribution in [2.45, 2.75) is 39.5 Å². The monoisotopic (exact) mass is 279 g/mol. The quantitative estimate of drug-likeness (QED) is 0.645. The van der Waals surface area contributed by atoms with Crippen LogP contribution in [0, 0.1) is 0 Å². The molecule has 0 unspecified atom stereocenters. The highest BCUT2D eigenvalue weighted by Gasteiger charge is 2.04. The normalized spacial score (nSPS) is 10.8. The fourth-order valence-electron chi connectivity index (χ4n) is 1.88. The summed E-state index contributed by atoms with van der Waals surface area (Å²) in [5.74, 6) is 2.78. The van der Waals surface area contributed by atoms with Crippen molar-refractivity contribution in [2.24, 2.45) is 0 Å². The zero-order valence-electron chi connectivity index (χ0n) is 13.4. The number of nitrogens with one attached hydrogen (secondary N) is 2. The molecule has 1 aromatic heterocycles. The molecule has 2 N–H and O–H groups in total. The summed E-state index contributed by atoms with van der Waals surface area (Å²) in [6.07, 6.45) is 4.20. The van der Waals surface area contributed by atoms with Gasteiger partial charge < -0.3 is 15.5 Å². The third-order valence-electron chi connectivity index (χ3n) is 2.89. The predicted molar refractivity (Wildman–Crippen MR) is 86.5 cm³/mol. The molecule has 0 amide bonds. The average Bonchev–Trinajstić information content (AvgIpc) is 2.41. The number of rotatable bonds is 10. The number of anilines is 2. The topological polar surface area (TPSA) is 53.1 Å². The van der Waals surface area contributed by atoms with Crippen molar-refractivity contribution in [3.8, 4) is 0 Å². The number of hydrogen-bond acceptors (Lipinski definition) is 5. The molecule has 0 saturated carbocycles. The van der Waals surface area contributed by atoms with Gasteiger partial charge in [0.1, 0.15) is 17.5 Å². The summed E-state index contributed by atoms with van der Waals surface area (Å²) in [6.45, 7) is 7.28. The largest absolute Gasteiger partial charge is 0.370 e. The van der Waals surface area contributed by atoms with Crippen molar-refractivity contribution in [3.05, 3.63) is 11.9 Å². The Morgan fingerprint density at radius 1 is 1.00 bits per heavy atom. The van der Waals surface area contributed by atoms with Gasteiger partial charge in [-0.1, -0.05) is 13.8 Å². The van der Waals surface area contributed by atoms with Crippen molar-refractivity contribution < 1.29 is 0 Å². The van der Waals surface area contributed by atoms with E-state index in [9.17, 15) is 0 Å². The molecule has 20 heavy (non-hydrogen) atoms. The molecule has 1 rings (SSSR count). The standard InChI is InChI=1S/C15H29N5/c1-5-8-13-18-14(16-9-6-2)12-15(19-13)17-10-7-11-20(3)4/h12H,5-11H2,1-4H3,(H2,16,17,18,19). The van der Waals surface area contributed by atoms with Crippen LogP contribution in [0.3, 0.4) is 0 Å². The first-order chi connectivity index (χ1) is 9.65. The highest BCUT2D eigenvalue weighted by atomic mass is 15.1. The molecule has 0 aliphatic carbocycles. The van der Waals surface area contributed by atoms with Crippen LogP contribution in [0.2, 0.25) is 0 Å². The van der Waals surface area contributed by atoms with Gasteiger partial charge in [0.05, 0.1) is 0 Å². The van der Waals surface area contributed by atoms with Crippen LogP contribution in [0.5, 0.6) is 0 Å². The van der Waals surface area contributed by atoms with Crippen LogP contribution in [-0.2, 0) is 6.42 Å². The first-order valence-electron chi connectivity index (χ1n) is 7.66. The van der Waals surface area contributed by atoms with Crippen LogP contribution in [0.4, 0.5) is 11.6 Å². The van der Waals surface area contributed by atoms with Crippen LogP contribution < -0.4 is 10.6 Å². The van der Waals surface area contributed by atoms with E-state index in [1.54, 1.807) is 0 Å². The molecular weight excluding hydrogens is 250 g/mol. The lowest BCUT2D eigenvalue weighted by Crippen LogP contribution is -2.17. The zero-order chi connectivity index (χ0) is 14.8. The molecule has 114 valence electrons. The van der Waals surface area contributed by atoms with Gasteiger partial charge in [-0.15, -0.1) is 0 Å². The second-order valence-corrected chi connectivity index (χ2v) is 5.32. The predicted octanol–water partition coefficient (Wildman–Crippen LogP) is 2.61. The second-order valence-electron chi connectivity index (χ2n) is 5.32. The van der Waals surface area contributed by atoms with Crippen LogP contribution >= 0.6 is 0 Å². The summed E-state index contributed by atoms with van der Waals surface area (Å²) in [6, 6.07) is 2.00. The molecule has 0 spiro atoms. The molecule has 0 fully saturated rings. The maximum atomic E-state index is 4.57. The molecule has 1 heterocycles. The van der Waals surface area contributed by atoms with Gasteiger partial charge in [-0.3, -0.25) is 0 Å². The molecule has 0 aliphatic rings. The molecule has 0 bridgehead atoms. The van der Waals surface area contributed by atoms with Gasteiger partial charge in [-0.25, -0.2) is 9.97 Å². The summed E-state index contributed by atoms with van der Waals surface area (Å²) >= 11 is 0. The third kappa shape index (κ3) is 6.70. The van der Waals surface area contributed by atoms with Gasteiger partial charge in [0.25, 0.3) is 0 Å². The van der Waals surface area contributed by atoms with Gasteiger partial charge in [0.15, 0.2) is 0 Å². The Bertz CT molecular complexity index is 379. The molecule has 1 aromatic rings. The lowest BCUT2D eigenvalue weighted by atomic mass is 10.3. The molecule has 5 heteroatoms. The van der Waals surface area contributed by atoms with E-state index < -0.39 is 0 Å². The van der Waals surface area contributed by atoms with E-state index in [1.807, 2.05) is 6.07 Å². The Morgan fingerprint density at radius 2 is 1.65 bits per heavy atom. The molecule has 0 aromatic carbocycles. The fourth-order valence-corrected chi connectivity index (χ4v) is 1.88. The van der Waals surface area contributed by atoms with Gasteiger partial charge in [0, 0.05) is 25.6 Å². The van der Waals surface area contributed by atoms with Crippen molar-refractivity contribution in [2.75, 3.05) is 44.4 Å². The van der Waals surface area contributed by atoms with Crippen molar-refractivity contribution in [1.29, 1.82) is 0 Å². The maximum absolute atomic E-state index is 4.57. The lowest BCUT2D eigenvalue weighted by molar-refractivity contribution is 0.405. The summed E-state index contributed by atoms with van der Waals surface area (Å²) in [5, 5.41) is 6.74. The number of aryl methyl sites for hydroxylation is 1. The van der Waals surface area contributed by atoms with Crippen molar-refractivity contribution >= 4 is 11.6 Å². The Balaban J connectivity index is 2.60. The molecular formula is C15H29N5. The van der Waals surface area contributed by atoms with Crippen LogP contribution in [0.25, 0.3) is 0 Å². The molecule has 0 atom stereocenters. The Morgan fingerprint density at radius 3 is 2.20 bits per heavy atom. The van der Waals surface area contributed by atoms with Crippen LogP contribution in [0.15, 0.2) is 6.07 Å². The van der Waals surface area contributed by atoms with Crippen LogP contribution in [0.1, 0.15) is 38.9 Å². The zero-order valence-corrected chi connectivity index (χ0v) is 13.4. The third-order valence-corrected chi connectivity index (χ3v) is 2.89. The van der Waals surface area contributed by atoms with Gasteiger partial charge in [-0.05, 0) is 39.9 Å². The SMILES string of the molecule is CCCNc1cc(NCCCN(C)C)nc(CCC)n1. The van der Waals surface area contributed by atoms with E-state index in [-0.39, 0.29) is 0 Å². The highest BCUT2D eigenvalue weighted by Crippen LogP contribution is 2.12. The van der Waals surface area contributed by atoms with E-state index in [0.717, 1.165) is 62.8 Å². The van der Waals surface area contributed by atoms with E-state index in [4.69, 9.17) is 0 Å². The van der Waals surface area contributed by atoms with E-state index >= 15 is 0 Å². The average molecular weight is 279 g/mol. The Kier molecular flexibility index (Phi) is 7.95. The molecule has 0 aliphatic heterocycles. The second kappa shape index (κ2) is 9.53. The number of hydrogen-bond donors (Lipinski definition) is 2. The summed E-state index contributed by atoms with van der Waals surface area (Å²) in [7, 11) is 4.19. The summed E-state index contributed by atoms with van der Waals surface area (Å²) in [5.41, 5.74) is 0. The number of aromatic nitrogens is 2. The fraction of sp³-hybridized carbons (Fsp3) is 0.733.